The summed E-state index contributed by atoms with van der Waals surface area (Å²) < 4.78 is 89.1. The minimum Gasteiger partial charge on any atom is -0.355 e. The van der Waals surface area contributed by atoms with Gasteiger partial charge in [0.2, 0.25) is 16.4 Å². The van der Waals surface area contributed by atoms with Crippen LogP contribution in [0.5, 0.6) is 0 Å². The van der Waals surface area contributed by atoms with Gasteiger partial charge in [0.15, 0.2) is 5.69 Å². The molecule has 1 fully saturated rings. The van der Waals surface area contributed by atoms with Crippen LogP contribution < -0.4 is 5.32 Å². The lowest BCUT2D eigenvalue weighted by Crippen LogP contribution is -2.33. The van der Waals surface area contributed by atoms with Gasteiger partial charge in [-0.15, -0.1) is 13.2 Å². The second kappa shape index (κ2) is 13.9. The van der Waals surface area contributed by atoms with Crippen molar-refractivity contribution in [1.82, 2.24) is 19.6 Å². The van der Waals surface area contributed by atoms with E-state index in [1.54, 1.807) is 0 Å². The Morgan fingerprint density at radius 2 is 1.72 bits per heavy atom. The third-order valence-electron chi connectivity index (χ3n) is 5.50. The Morgan fingerprint density at radius 3 is 2.23 bits per heavy atom. The summed E-state index contributed by atoms with van der Waals surface area (Å²) in [7, 11) is -3.44. The zero-order valence-electron chi connectivity index (χ0n) is 21.0. The first-order chi connectivity index (χ1) is 18.4. The van der Waals surface area contributed by atoms with Gasteiger partial charge in [0.05, 0.1) is 23.0 Å². The number of nitrogens with one attached hydrogen (secondary N) is 1. The highest BCUT2D eigenvalue weighted by molar-refractivity contribution is 7.89. The molecule has 0 spiro atoms. The predicted molar refractivity (Wildman–Crippen MR) is 136 cm³/mol. The van der Waals surface area contributed by atoms with Gasteiger partial charge >= 0.3 is 6.18 Å². The predicted octanol–water partition coefficient (Wildman–Crippen LogP) is 5.35. The molecule has 0 radical (unpaired) electrons. The molecule has 1 aromatic heterocycles. The fourth-order valence-electron chi connectivity index (χ4n) is 3.69. The summed E-state index contributed by atoms with van der Waals surface area (Å²) in [4.78, 5) is 17.3. The van der Waals surface area contributed by atoms with Crippen LogP contribution in [0.3, 0.4) is 0 Å². The molecule has 0 aliphatic carbocycles. The molecule has 1 saturated heterocycles. The highest BCUT2D eigenvalue weighted by Crippen LogP contribution is 2.28. The van der Waals surface area contributed by atoms with Crippen LogP contribution in [0.4, 0.5) is 22.0 Å². The van der Waals surface area contributed by atoms with Crippen LogP contribution in [0.25, 0.3) is 11.3 Å². The van der Waals surface area contributed by atoms with Crippen molar-refractivity contribution in [3.63, 3.8) is 0 Å². The Balaban J connectivity index is 0.000000265. The Kier molecular flexibility index (Phi) is 11.2. The largest absolute Gasteiger partial charge is 0.434 e. The fourth-order valence-corrected chi connectivity index (χ4v) is 5.39. The van der Waals surface area contributed by atoms with Gasteiger partial charge in [-0.05, 0) is 67.8 Å². The molecule has 3 aromatic rings. The summed E-state index contributed by atoms with van der Waals surface area (Å²) in [6.07, 6.45) is -0.824. The summed E-state index contributed by atoms with van der Waals surface area (Å²) in [5, 5.41) is 2.37. The van der Waals surface area contributed by atoms with Crippen molar-refractivity contribution >= 4 is 16.4 Å². The van der Waals surface area contributed by atoms with Gasteiger partial charge in [0.25, 0.3) is 0 Å². The van der Waals surface area contributed by atoms with Gasteiger partial charge < -0.3 is 5.32 Å². The number of sulfonamides is 1. The van der Waals surface area contributed by atoms with Crippen molar-refractivity contribution in [1.29, 1.82) is 0 Å². The first kappa shape index (κ1) is 31.5. The molecule has 1 amide bonds. The molecule has 1 atom stereocenters. The summed E-state index contributed by atoms with van der Waals surface area (Å²) >= 11 is 0. The first-order valence-corrected chi connectivity index (χ1v) is 13.0. The molecule has 2 heterocycles. The molecule has 1 N–H and O–H groups in total. The molecular formula is C26H27F5N4O3S. The SMILES string of the molecule is C=C.C[C@@H]1CCCN1S(=O)(=O)c1ccc(F)cc1.O=CNCc1cc(F)cc(-c2cnc(C(F)(F)F)cn2)c1. The zero-order valence-corrected chi connectivity index (χ0v) is 21.8. The lowest BCUT2D eigenvalue weighted by atomic mass is 10.1. The van der Waals surface area contributed by atoms with E-state index in [-0.39, 0.29) is 28.7 Å². The van der Waals surface area contributed by atoms with Gasteiger partial charge in [-0.2, -0.15) is 17.5 Å². The minimum absolute atomic E-state index is 0.0371. The minimum atomic E-state index is -4.58. The summed E-state index contributed by atoms with van der Waals surface area (Å²) in [6, 6.07) is 8.86. The number of amides is 1. The van der Waals surface area contributed by atoms with E-state index in [0.29, 0.717) is 24.7 Å². The van der Waals surface area contributed by atoms with Crippen LogP contribution in [-0.4, -0.2) is 41.7 Å². The number of hydrogen-bond donors (Lipinski definition) is 1. The van der Waals surface area contributed by atoms with Gasteiger partial charge in [0.1, 0.15) is 11.6 Å². The molecule has 7 nitrogen and oxygen atoms in total. The molecular weight excluding hydrogens is 543 g/mol. The Labute approximate surface area is 223 Å². The van der Waals surface area contributed by atoms with Crippen molar-refractivity contribution in [2.45, 2.75) is 43.4 Å². The second-order valence-corrected chi connectivity index (χ2v) is 10.1. The standard InChI is InChI=1S/C13H9F4N3O.C11H14FNO2S.C2H4/c14-10-2-8(4-18-7-21)1-9(3-10)11-5-20-12(6-19-11)13(15,16)17;1-9-3-2-8-13(9)16(14,15)11-6-4-10(12)5-7-11;1-2/h1-3,5-7H,4H2,(H,18,21);4-7,9H,2-3,8H2,1H3;1-2H2/t;9-;/m.1./s1. The van der Waals surface area contributed by atoms with Gasteiger partial charge in [-0.3, -0.25) is 9.78 Å². The zero-order chi connectivity index (χ0) is 29.2. The van der Waals surface area contributed by atoms with Crippen molar-refractivity contribution < 1.29 is 35.2 Å². The average Bonchev–Trinajstić information content (AvgIpc) is 3.35. The molecule has 39 heavy (non-hydrogen) atoms. The molecule has 0 bridgehead atoms. The lowest BCUT2D eigenvalue weighted by molar-refractivity contribution is -0.141. The van der Waals surface area contributed by atoms with Crippen LogP contribution in [-0.2, 0) is 27.5 Å². The van der Waals surface area contributed by atoms with E-state index in [4.69, 9.17) is 0 Å². The van der Waals surface area contributed by atoms with Gasteiger partial charge in [-0.25, -0.2) is 22.2 Å². The van der Waals surface area contributed by atoms with Crippen molar-refractivity contribution in [3.05, 3.63) is 90.9 Å². The first-order valence-electron chi connectivity index (χ1n) is 11.6. The number of carbonyl (C=O) groups excluding carboxylic acids is 1. The van der Waals surface area contributed by atoms with Gasteiger partial charge in [-0.1, -0.05) is 0 Å². The smallest absolute Gasteiger partial charge is 0.355 e. The highest BCUT2D eigenvalue weighted by Gasteiger charge is 2.33. The molecule has 13 heteroatoms. The molecule has 0 unspecified atom stereocenters. The van der Waals surface area contributed by atoms with Crippen molar-refractivity contribution in [2.24, 2.45) is 0 Å². The summed E-state index contributed by atoms with van der Waals surface area (Å²) in [5.41, 5.74) is -0.280. The number of halogens is 5. The number of alkyl halides is 3. The number of aromatic nitrogens is 2. The van der Waals surface area contributed by atoms with E-state index in [2.05, 4.69) is 28.4 Å². The quantitative estimate of drug-likeness (QED) is 0.245. The van der Waals surface area contributed by atoms with Crippen molar-refractivity contribution in [2.75, 3.05) is 6.54 Å². The summed E-state index contributed by atoms with van der Waals surface area (Å²) in [5.74, 6) is -1.01. The van der Waals surface area contributed by atoms with E-state index in [1.807, 2.05) is 6.92 Å². The Hall–Kier alpha value is -3.71. The third-order valence-corrected chi connectivity index (χ3v) is 7.53. The van der Waals surface area contributed by atoms with Crippen LogP contribution in [0, 0.1) is 11.6 Å². The van der Waals surface area contributed by atoms with Gasteiger partial charge in [0, 0.05) is 24.7 Å². The maximum absolute atomic E-state index is 13.5. The Bertz CT molecular complexity index is 1340. The Morgan fingerprint density at radius 1 is 1.05 bits per heavy atom. The summed E-state index contributed by atoms with van der Waals surface area (Å²) in [6.45, 7) is 8.55. The van der Waals surface area contributed by atoms with Crippen LogP contribution in [0.1, 0.15) is 31.0 Å². The van der Waals surface area contributed by atoms with Crippen molar-refractivity contribution in [3.8, 4) is 11.3 Å². The molecule has 4 rings (SSSR count). The van der Waals surface area contributed by atoms with E-state index in [9.17, 15) is 35.2 Å². The van der Waals surface area contributed by atoms with E-state index >= 15 is 0 Å². The maximum Gasteiger partial charge on any atom is 0.434 e. The fraction of sp³-hybridized carbons (Fsp3) is 0.269. The second-order valence-electron chi connectivity index (χ2n) is 8.19. The van der Waals surface area contributed by atoms with E-state index in [0.717, 1.165) is 25.1 Å². The van der Waals surface area contributed by atoms with Crippen LogP contribution >= 0.6 is 0 Å². The molecule has 1 aliphatic heterocycles. The van der Waals surface area contributed by atoms with Crippen LogP contribution in [0.15, 0.2) is 72.9 Å². The average molecular weight is 571 g/mol. The highest BCUT2D eigenvalue weighted by atomic mass is 32.2. The lowest BCUT2D eigenvalue weighted by Gasteiger charge is -2.20. The maximum atomic E-state index is 13.5. The number of nitrogens with zero attached hydrogens (tertiary/aromatic N) is 3. The number of carbonyl (C=O) groups is 1. The van der Waals surface area contributed by atoms with Crippen LogP contribution in [0.2, 0.25) is 0 Å². The molecule has 210 valence electrons. The number of rotatable bonds is 6. The molecule has 0 saturated carbocycles. The third kappa shape index (κ3) is 8.65. The van der Waals surface area contributed by atoms with E-state index in [1.165, 1.54) is 40.7 Å². The topological polar surface area (TPSA) is 92.3 Å². The molecule has 1 aliphatic rings. The number of hydrogen-bond acceptors (Lipinski definition) is 5. The number of benzene rings is 2. The normalized spacial score (nSPS) is 15.4. The monoisotopic (exact) mass is 570 g/mol. The van der Waals surface area contributed by atoms with E-state index < -0.39 is 33.5 Å². The molecule has 2 aromatic carbocycles.